The van der Waals surface area contributed by atoms with Gasteiger partial charge in [-0.2, -0.15) is 0 Å². The number of amides is 2. The van der Waals surface area contributed by atoms with Crippen LogP contribution in [0, 0.1) is 11.8 Å². The summed E-state index contributed by atoms with van der Waals surface area (Å²) in [5, 5.41) is 14.2. The van der Waals surface area contributed by atoms with Crippen LogP contribution < -0.4 is 16.4 Å². The van der Waals surface area contributed by atoms with Crippen molar-refractivity contribution in [2.75, 3.05) is 0 Å². The van der Waals surface area contributed by atoms with E-state index in [9.17, 15) is 14.4 Å². The number of aliphatic carboxylic acids is 1. The molecule has 0 saturated heterocycles. The molecule has 0 unspecified atom stereocenters. The minimum Gasteiger partial charge on any atom is -0.480 e. The van der Waals surface area contributed by atoms with Gasteiger partial charge in [-0.15, -0.1) is 0 Å². The quantitative estimate of drug-likeness (QED) is 0.506. The molecule has 0 saturated carbocycles. The maximum atomic E-state index is 12.3. The third kappa shape index (κ3) is 6.12. The Balaban J connectivity index is 5.03. The molecule has 0 heterocycles. The monoisotopic (exact) mass is 301 g/mol. The van der Waals surface area contributed by atoms with Crippen LogP contribution in [0.2, 0.25) is 0 Å². The van der Waals surface area contributed by atoms with Gasteiger partial charge in [0, 0.05) is 0 Å². The maximum absolute atomic E-state index is 12.3. The Labute approximate surface area is 125 Å². The normalized spacial score (nSPS) is 16.7. The molecule has 0 aliphatic heterocycles. The van der Waals surface area contributed by atoms with E-state index in [1.807, 2.05) is 13.8 Å². The largest absolute Gasteiger partial charge is 0.480 e. The summed E-state index contributed by atoms with van der Waals surface area (Å²) >= 11 is 0. The van der Waals surface area contributed by atoms with Gasteiger partial charge in [0.15, 0.2) is 0 Å². The third-order valence-electron chi connectivity index (χ3n) is 3.44. The van der Waals surface area contributed by atoms with Crippen molar-refractivity contribution in [1.82, 2.24) is 10.6 Å². The Morgan fingerprint density at radius 1 is 1.00 bits per heavy atom. The Kier molecular flexibility index (Phi) is 7.94. The summed E-state index contributed by atoms with van der Waals surface area (Å²) in [5.74, 6) is -2.42. The summed E-state index contributed by atoms with van der Waals surface area (Å²) in [4.78, 5) is 35.1. The zero-order valence-corrected chi connectivity index (χ0v) is 13.3. The summed E-state index contributed by atoms with van der Waals surface area (Å²) in [6.07, 6.45) is 0.663. The van der Waals surface area contributed by atoms with E-state index in [0.717, 1.165) is 0 Å². The van der Waals surface area contributed by atoms with Crippen LogP contribution in [-0.2, 0) is 14.4 Å². The van der Waals surface area contributed by atoms with Gasteiger partial charge in [-0.1, -0.05) is 34.1 Å². The number of carbonyl (C=O) groups excluding carboxylic acids is 2. The van der Waals surface area contributed by atoms with Gasteiger partial charge in [0.1, 0.15) is 12.1 Å². The van der Waals surface area contributed by atoms with E-state index in [1.165, 1.54) is 6.92 Å². The van der Waals surface area contributed by atoms with Crippen molar-refractivity contribution in [2.24, 2.45) is 17.6 Å². The van der Waals surface area contributed by atoms with E-state index in [-0.39, 0.29) is 11.8 Å². The van der Waals surface area contributed by atoms with Gasteiger partial charge < -0.3 is 21.5 Å². The second kappa shape index (κ2) is 8.61. The number of carboxylic acids is 1. The van der Waals surface area contributed by atoms with E-state index in [2.05, 4.69) is 10.6 Å². The van der Waals surface area contributed by atoms with Crippen LogP contribution in [0.4, 0.5) is 0 Å². The molecule has 0 aromatic carbocycles. The van der Waals surface area contributed by atoms with Gasteiger partial charge in [-0.25, -0.2) is 4.79 Å². The molecule has 0 bridgehead atoms. The molecule has 4 atom stereocenters. The third-order valence-corrected chi connectivity index (χ3v) is 3.44. The minimum atomic E-state index is -1.10. The Hall–Kier alpha value is -1.63. The molecule has 0 aliphatic rings. The number of nitrogens with two attached hydrogens (primary N) is 1. The number of nitrogens with one attached hydrogen (secondary N) is 2. The van der Waals surface area contributed by atoms with E-state index < -0.39 is 35.9 Å². The van der Waals surface area contributed by atoms with Gasteiger partial charge in [-0.3, -0.25) is 9.59 Å². The fraction of sp³-hybridized carbons (Fsp3) is 0.786. The SMILES string of the molecule is CC[C@H](C)[C@H](NC(=O)[C@H](C)N)C(=O)N[C@H](C(=O)O)C(C)C. The molecule has 0 aliphatic carbocycles. The molecule has 5 N–H and O–H groups in total. The van der Waals surface area contributed by atoms with Crippen LogP contribution >= 0.6 is 0 Å². The smallest absolute Gasteiger partial charge is 0.326 e. The second-order valence-corrected chi connectivity index (χ2v) is 5.73. The molecule has 21 heavy (non-hydrogen) atoms. The number of carboxylic acid groups (broad SMARTS) is 1. The Bertz CT molecular complexity index is 382. The van der Waals surface area contributed by atoms with Crippen LogP contribution in [0.25, 0.3) is 0 Å². The highest BCUT2D eigenvalue weighted by molar-refractivity contribution is 5.91. The van der Waals surface area contributed by atoms with E-state index >= 15 is 0 Å². The molecule has 7 heteroatoms. The van der Waals surface area contributed by atoms with Crippen LogP contribution in [0.1, 0.15) is 41.0 Å². The summed E-state index contributed by atoms with van der Waals surface area (Å²) in [6, 6.07) is -2.52. The number of hydrogen-bond acceptors (Lipinski definition) is 4. The summed E-state index contributed by atoms with van der Waals surface area (Å²) in [6.45, 7) is 8.64. The van der Waals surface area contributed by atoms with Crippen LogP contribution in [-0.4, -0.2) is 41.0 Å². The van der Waals surface area contributed by atoms with E-state index in [4.69, 9.17) is 10.8 Å². The molecule has 0 spiro atoms. The fourth-order valence-electron chi connectivity index (χ4n) is 1.74. The molecule has 2 amide bonds. The molecule has 0 fully saturated rings. The lowest BCUT2D eigenvalue weighted by Gasteiger charge is -2.27. The van der Waals surface area contributed by atoms with Gasteiger partial charge in [0.25, 0.3) is 0 Å². The van der Waals surface area contributed by atoms with Crippen LogP contribution in [0.15, 0.2) is 0 Å². The van der Waals surface area contributed by atoms with Gasteiger partial charge in [-0.05, 0) is 18.8 Å². The zero-order valence-electron chi connectivity index (χ0n) is 13.3. The van der Waals surface area contributed by atoms with Crippen molar-refractivity contribution in [1.29, 1.82) is 0 Å². The first-order valence-electron chi connectivity index (χ1n) is 7.20. The molecule has 0 rings (SSSR count). The highest BCUT2D eigenvalue weighted by Crippen LogP contribution is 2.10. The predicted octanol–water partition coefficient (Wildman–Crippen LogP) is 0.0899. The zero-order chi connectivity index (χ0) is 16.7. The first-order chi connectivity index (χ1) is 9.61. The van der Waals surface area contributed by atoms with Crippen molar-refractivity contribution in [3.05, 3.63) is 0 Å². The molecule has 7 nitrogen and oxygen atoms in total. The standard InChI is InChI=1S/C14H27N3O4/c1-6-8(4)11(17-12(18)9(5)15)13(19)16-10(7(2)3)14(20)21/h7-11H,6,15H2,1-5H3,(H,16,19)(H,17,18)(H,20,21)/t8-,9-,10-,11-/m0/s1. The highest BCUT2D eigenvalue weighted by Gasteiger charge is 2.31. The number of rotatable bonds is 8. The predicted molar refractivity (Wildman–Crippen MR) is 79.4 cm³/mol. The molecular formula is C14H27N3O4. The number of carbonyl (C=O) groups is 3. The van der Waals surface area contributed by atoms with Crippen LogP contribution in [0.3, 0.4) is 0 Å². The number of hydrogen-bond donors (Lipinski definition) is 4. The van der Waals surface area contributed by atoms with Crippen LogP contribution in [0.5, 0.6) is 0 Å². The summed E-state index contributed by atoms with van der Waals surface area (Å²) in [5.41, 5.74) is 5.49. The van der Waals surface area contributed by atoms with Gasteiger partial charge in [0.05, 0.1) is 6.04 Å². The summed E-state index contributed by atoms with van der Waals surface area (Å²) in [7, 11) is 0. The topological polar surface area (TPSA) is 122 Å². The lowest BCUT2D eigenvalue weighted by atomic mass is 9.96. The Morgan fingerprint density at radius 3 is 1.81 bits per heavy atom. The fourth-order valence-corrected chi connectivity index (χ4v) is 1.74. The molecule has 0 aromatic heterocycles. The van der Waals surface area contributed by atoms with Gasteiger partial charge >= 0.3 is 5.97 Å². The maximum Gasteiger partial charge on any atom is 0.326 e. The lowest BCUT2D eigenvalue weighted by Crippen LogP contribution is -2.57. The first-order valence-corrected chi connectivity index (χ1v) is 7.20. The van der Waals surface area contributed by atoms with E-state index in [0.29, 0.717) is 6.42 Å². The highest BCUT2D eigenvalue weighted by atomic mass is 16.4. The van der Waals surface area contributed by atoms with Crippen molar-refractivity contribution in [2.45, 2.75) is 59.2 Å². The van der Waals surface area contributed by atoms with Gasteiger partial charge in [0.2, 0.25) is 11.8 Å². The molecular weight excluding hydrogens is 274 g/mol. The van der Waals surface area contributed by atoms with Crippen molar-refractivity contribution in [3.8, 4) is 0 Å². The van der Waals surface area contributed by atoms with Crippen molar-refractivity contribution in [3.63, 3.8) is 0 Å². The average molecular weight is 301 g/mol. The molecule has 0 aromatic rings. The first kappa shape index (κ1) is 19.4. The van der Waals surface area contributed by atoms with Crippen molar-refractivity contribution < 1.29 is 19.5 Å². The molecule has 122 valence electrons. The molecule has 0 radical (unpaired) electrons. The van der Waals surface area contributed by atoms with E-state index in [1.54, 1.807) is 13.8 Å². The minimum absolute atomic E-state index is 0.130. The Morgan fingerprint density at radius 2 is 1.48 bits per heavy atom. The second-order valence-electron chi connectivity index (χ2n) is 5.73. The van der Waals surface area contributed by atoms with Crippen molar-refractivity contribution >= 4 is 17.8 Å². The average Bonchev–Trinajstić information content (AvgIpc) is 2.39. The summed E-state index contributed by atoms with van der Waals surface area (Å²) < 4.78 is 0. The lowest BCUT2D eigenvalue weighted by molar-refractivity contribution is -0.143.